The molecule has 2 fully saturated rings. The smallest absolute Gasteiger partial charge is 0.223 e. The van der Waals surface area contributed by atoms with Crippen molar-refractivity contribution in [1.29, 1.82) is 0 Å². The number of aryl methyl sites for hydroxylation is 1. The average Bonchev–Trinajstić information content (AvgIpc) is 3.14. The summed E-state index contributed by atoms with van der Waals surface area (Å²) in [4.78, 5) is 22.7. The molecule has 160 valence electrons. The molecule has 0 aliphatic carbocycles. The molecule has 2 aliphatic rings. The van der Waals surface area contributed by atoms with Crippen molar-refractivity contribution in [3.05, 3.63) is 66.7 Å². The molecule has 2 atom stereocenters. The highest BCUT2D eigenvalue weighted by Crippen LogP contribution is 2.27. The number of hydrogen-bond donors (Lipinski definition) is 0. The Bertz CT molecular complexity index is 1020. The SMILES string of the molecule is O=C(CCc1ccncc1)N1C[C@@H]2OCC(Oc3cccc4cnccc34)CO[C@H]2C1. The monoisotopic (exact) mass is 419 g/mol. The fraction of sp³-hybridized carbons (Fsp3) is 0.375. The summed E-state index contributed by atoms with van der Waals surface area (Å²) in [6.45, 7) is 1.99. The number of pyridine rings is 2. The lowest BCUT2D eigenvalue weighted by molar-refractivity contribution is -0.131. The second-order valence-electron chi connectivity index (χ2n) is 7.99. The van der Waals surface area contributed by atoms with E-state index in [1.807, 2.05) is 47.5 Å². The van der Waals surface area contributed by atoms with Crippen LogP contribution in [0.25, 0.3) is 10.8 Å². The van der Waals surface area contributed by atoms with Crippen LogP contribution in [-0.4, -0.2) is 65.4 Å². The molecule has 1 amide bonds. The molecule has 0 N–H and O–H groups in total. The Labute approximate surface area is 181 Å². The van der Waals surface area contributed by atoms with Gasteiger partial charge in [0.05, 0.1) is 13.2 Å². The van der Waals surface area contributed by atoms with Crippen LogP contribution < -0.4 is 4.74 Å². The van der Waals surface area contributed by atoms with Crippen molar-refractivity contribution in [3.63, 3.8) is 0 Å². The van der Waals surface area contributed by atoms with Gasteiger partial charge in [-0.2, -0.15) is 0 Å². The zero-order valence-corrected chi connectivity index (χ0v) is 17.2. The van der Waals surface area contributed by atoms with E-state index in [4.69, 9.17) is 14.2 Å². The summed E-state index contributed by atoms with van der Waals surface area (Å²) in [6.07, 6.45) is 7.86. The maximum atomic E-state index is 12.6. The second-order valence-corrected chi connectivity index (χ2v) is 7.99. The minimum atomic E-state index is -0.194. The van der Waals surface area contributed by atoms with Crippen molar-refractivity contribution in [1.82, 2.24) is 14.9 Å². The number of ether oxygens (including phenoxy) is 3. The molecule has 0 unspecified atom stereocenters. The van der Waals surface area contributed by atoms with Gasteiger partial charge in [-0.25, -0.2) is 0 Å². The highest BCUT2D eigenvalue weighted by molar-refractivity contribution is 5.87. The summed E-state index contributed by atoms with van der Waals surface area (Å²) in [6, 6.07) is 11.8. The van der Waals surface area contributed by atoms with Crippen LogP contribution in [0.4, 0.5) is 0 Å². The number of carbonyl (C=O) groups is 1. The van der Waals surface area contributed by atoms with Gasteiger partial charge < -0.3 is 19.1 Å². The lowest BCUT2D eigenvalue weighted by atomic mass is 10.1. The van der Waals surface area contributed by atoms with Crippen molar-refractivity contribution in [2.45, 2.75) is 31.2 Å². The number of carbonyl (C=O) groups excluding carboxylic acids is 1. The first-order chi connectivity index (χ1) is 15.3. The van der Waals surface area contributed by atoms with Gasteiger partial charge >= 0.3 is 0 Å². The Morgan fingerprint density at radius 1 is 1.00 bits per heavy atom. The van der Waals surface area contributed by atoms with Crippen molar-refractivity contribution < 1.29 is 19.0 Å². The predicted octanol–water partition coefficient (Wildman–Crippen LogP) is 2.64. The number of nitrogens with zero attached hydrogens (tertiary/aromatic N) is 3. The molecule has 5 rings (SSSR count). The molecule has 0 radical (unpaired) electrons. The maximum absolute atomic E-state index is 12.6. The predicted molar refractivity (Wildman–Crippen MR) is 115 cm³/mol. The quantitative estimate of drug-likeness (QED) is 0.633. The van der Waals surface area contributed by atoms with Crippen LogP contribution >= 0.6 is 0 Å². The van der Waals surface area contributed by atoms with Gasteiger partial charge in [0.1, 0.15) is 24.1 Å². The summed E-state index contributed by atoms with van der Waals surface area (Å²) >= 11 is 0. The zero-order chi connectivity index (χ0) is 21.0. The Balaban J connectivity index is 1.15. The molecule has 0 bridgehead atoms. The Morgan fingerprint density at radius 2 is 1.74 bits per heavy atom. The third kappa shape index (κ3) is 4.52. The van der Waals surface area contributed by atoms with E-state index >= 15 is 0 Å². The van der Waals surface area contributed by atoms with Crippen LogP contribution in [0.5, 0.6) is 5.75 Å². The van der Waals surface area contributed by atoms with Gasteiger partial charge in [0.2, 0.25) is 5.91 Å². The molecule has 7 nitrogen and oxygen atoms in total. The Hall–Kier alpha value is -3.03. The van der Waals surface area contributed by atoms with Crippen molar-refractivity contribution in [2.24, 2.45) is 0 Å². The molecule has 7 heteroatoms. The molecule has 2 aliphatic heterocycles. The summed E-state index contributed by atoms with van der Waals surface area (Å²) in [5, 5.41) is 2.06. The normalized spacial score (nSPS) is 21.6. The molecule has 31 heavy (non-hydrogen) atoms. The van der Waals surface area contributed by atoms with E-state index in [1.165, 1.54) is 0 Å². The van der Waals surface area contributed by atoms with E-state index in [-0.39, 0.29) is 24.2 Å². The van der Waals surface area contributed by atoms with Crippen LogP contribution in [0.2, 0.25) is 0 Å². The van der Waals surface area contributed by atoms with E-state index in [1.54, 1.807) is 18.6 Å². The van der Waals surface area contributed by atoms with Gasteiger partial charge in [-0.1, -0.05) is 12.1 Å². The fourth-order valence-corrected chi connectivity index (χ4v) is 4.18. The molecule has 0 saturated carbocycles. The third-order valence-electron chi connectivity index (χ3n) is 5.87. The number of amides is 1. The zero-order valence-electron chi connectivity index (χ0n) is 17.2. The maximum Gasteiger partial charge on any atom is 0.223 e. The molecule has 2 aromatic heterocycles. The van der Waals surface area contributed by atoms with Crippen molar-refractivity contribution in [2.75, 3.05) is 26.3 Å². The number of aromatic nitrogens is 2. The number of benzene rings is 1. The molecule has 2 saturated heterocycles. The van der Waals surface area contributed by atoms with Gasteiger partial charge in [-0.15, -0.1) is 0 Å². The topological polar surface area (TPSA) is 73.8 Å². The minimum absolute atomic E-state index is 0.116. The number of hydrogen-bond acceptors (Lipinski definition) is 6. The number of fused-ring (bicyclic) bond motifs is 2. The largest absolute Gasteiger partial charge is 0.485 e. The minimum Gasteiger partial charge on any atom is -0.485 e. The standard InChI is InChI=1S/C24H25N3O4/c28-24(5-4-17-6-9-25-10-7-17)27-13-22-23(14-27)30-16-19(15-29-22)31-21-3-1-2-18-12-26-11-8-20(18)21/h1-3,6-12,19,22-23H,4-5,13-16H2/t22-,23-/m0/s1. The Kier molecular flexibility index (Phi) is 5.78. The lowest BCUT2D eigenvalue weighted by Gasteiger charge is -2.20. The van der Waals surface area contributed by atoms with E-state index in [9.17, 15) is 4.79 Å². The summed E-state index contributed by atoms with van der Waals surface area (Å²) in [7, 11) is 0. The van der Waals surface area contributed by atoms with E-state index in [2.05, 4.69) is 9.97 Å². The number of likely N-dealkylation sites (tertiary alicyclic amines) is 1. The summed E-state index contributed by atoms with van der Waals surface area (Å²) in [5.41, 5.74) is 1.12. The third-order valence-corrected chi connectivity index (χ3v) is 5.87. The van der Waals surface area contributed by atoms with E-state index in [0.717, 1.165) is 22.1 Å². The number of rotatable bonds is 5. The van der Waals surface area contributed by atoms with Crippen LogP contribution in [0, 0.1) is 0 Å². The van der Waals surface area contributed by atoms with Gasteiger partial charge in [0, 0.05) is 55.1 Å². The Morgan fingerprint density at radius 3 is 2.52 bits per heavy atom. The first-order valence-electron chi connectivity index (χ1n) is 10.7. The lowest BCUT2D eigenvalue weighted by Crippen LogP contribution is -2.33. The van der Waals surface area contributed by atoms with Gasteiger partial charge in [0.25, 0.3) is 0 Å². The molecular weight excluding hydrogens is 394 g/mol. The van der Waals surface area contributed by atoms with E-state index < -0.39 is 0 Å². The van der Waals surface area contributed by atoms with Gasteiger partial charge in [0.15, 0.2) is 0 Å². The van der Waals surface area contributed by atoms with Gasteiger partial charge in [-0.05, 0) is 36.2 Å². The molecule has 1 aromatic carbocycles. The van der Waals surface area contributed by atoms with Crippen molar-refractivity contribution >= 4 is 16.7 Å². The van der Waals surface area contributed by atoms with Gasteiger partial charge in [-0.3, -0.25) is 14.8 Å². The molecule has 0 spiro atoms. The molecule has 3 aromatic rings. The summed E-state index contributed by atoms with van der Waals surface area (Å²) in [5.74, 6) is 0.936. The van der Waals surface area contributed by atoms with Crippen LogP contribution in [-0.2, 0) is 20.7 Å². The van der Waals surface area contributed by atoms with E-state index in [0.29, 0.717) is 39.1 Å². The average molecular weight is 419 g/mol. The molecule has 4 heterocycles. The molecular formula is C24H25N3O4. The first kappa shape index (κ1) is 19.9. The van der Waals surface area contributed by atoms with Crippen LogP contribution in [0.1, 0.15) is 12.0 Å². The highest BCUT2D eigenvalue weighted by Gasteiger charge is 2.39. The van der Waals surface area contributed by atoms with Crippen LogP contribution in [0.15, 0.2) is 61.2 Å². The second kappa shape index (κ2) is 8.99. The van der Waals surface area contributed by atoms with Crippen molar-refractivity contribution in [3.8, 4) is 5.75 Å². The first-order valence-corrected chi connectivity index (χ1v) is 10.7. The highest BCUT2D eigenvalue weighted by atomic mass is 16.6. The van der Waals surface area contributed by atoms with Crippen LogP contribution in [0.3, 0.4) is 0 Å². The summed E-state index contributed by atoms with van der Waals surface area (Å²) < 4.78 is 18.4. The fourth-order valence-electron chi connectivity index (χ4n) is 4.18.